The van der Waals surface area contributed by atoms with Crippen molar-refractivity contribution in [3.05, 3.63) is 89.5 Å². The van der Waals surface area contributed by atoms with E-state index in [1.165, 1.54) is 11.8 Å². The van der Waals surface area contributed by atoms with Crippen LogP contribution < -0.4 is 5.32 Å². The summed E-state index contributed by atoms with van der Waals surface area (Å²) in [7, 11) is 0. The lowest BCUT2D eigenvalue weighted by atomic mass is 10.1. The topological polar surface area (TPSA) is 53.8 Å². The SMILES string of the molecule is Cc1cccc(NC(=O)CSC2=Nc3ccccc3N=C(c3ccccc3)C2)c1C. The standard InChI is InChI=1S/C25H23N3OS/c1-17-9-8-14-20(18(17)2)27-24(29)16-30-25-15-23(19-10-4-3-5-11-19)26-21-12-6-7-13-22(21)28-25/h3-14H,15-16H2,1-2H3,(H,27,29). The van der Waals surface area contributed by atoms with E-state index >= 15 is 0 Å². The maximum Gasteiger partial charge on any atom is 0.234 e. The third-order valence-corrected chi connectivity index (χ3v) is 6.03. The predicted octanol–water partition coefficient (Wildman–Crippen LogP) is 6.23. The number of amides is 1. The lowest BCUT2D eigenvalue weighted by Crippen LogP contribution is -2.17. The largest absolute Gasteiger partial charge is 0.325 e. The number of aryl methyl sites for hydroxylation is 1. The Bertz CT molecular complexity index is 1140. The smallest absolute Gasteiger partial charge is 0.234 e. The van der Waals surface area contributed by atoms with Gasteiger partial charge in [-0.3, -0.25) is 9.79 Å². The van der Waals surface area contributed by atoms with E-state index < -0.39 is 0 Å². The first-order valence-electron chi connectivity index (χ1n) is 9.88. The molecule has 5 heteroatoms. The molecule has 0 spiro atoms. The molecule has 0 atom stereocenters. The van der Waals surface area contributed by atoms with E-state index in [2.05, 4.69) is 17.4 Å². The van der Waals surface area contributed by atoms with E-state index in [0.717, 1.165) is 44.5 Å². The highest BCUT2D eigenvalue weighted by atomic mass is 32.2. The number of hydrogen-bond acceptors (Lipinski definition) is 4. The zero-order chi connectivity index (χ0) is 20.9. The van der Waals surface area contributed by atoms with Crippen molar-refractivity contribution < 1.29 is 4.79 Å². The second-order valence-electron chi connectivity index (χ2n) is 7.18. The van der Waals surface area contributed by atoms with Gasteiger partial charge in [0.05, 0.1) is 27.9 Å². The molecule has 3 aromatic rings. The summed E-state index contributed by atoms with van der Waals surface area (Å²) in [6, 6.07) is 23.9. The summed E-state index contributed by atoms with van der Waals surface area (Å²) >= 11 is 1.47. The van der Waals surface area contributed by atoms with Gasteiger partial charge in [0.2, 0.25) is 5.91 Å². The predicted molar refractivity (Wildman–Crippen MR) is 128 cm³/mol. The number of aliphatic imine (C=N–C) groups is 2. The number of hydrogen-bond donors (Lipinski definition) is 1. The van der Waals surface area contributed by atoms with Crippen LogP contribution in [0.25, 0.3) is 0 Å². The molecule has 4 nitrogen and oxygen atoms in total. The Labute approximate surface area is 181 Å². The van der Waals surface area contributed by atoms with Gasteiger partial charge in [-0.2, -0.15) is 0 Å². The van der Waals surface area contributed by atoms with E-state index in [9.17, 15) is 4.79 Å². The van der Waals surface area contributed by atoms with Gasteiger partial charge in [0, 0.05) is 12.1 Å². The summed E-state index contributed by atoms with van der Waals surface area (Å²) in [6.45, 7) is 4.06. The van der Waals surface area contributed by atoms with Gasteiger partial charge in [0.25, 0.3) is 0 Å². The fraction of sp³-hybridized carbons (Fsp3) is 0.160. The Morgan fingerprint density at radius 3 is 2.37 bits per heavy atom. The number of thioether (sulfide) groups is 1. The number of carbonyl (C=O) groups excluding carboxylic acids is 1. The van der Waals surface area contributed by atoms with Crippen LogP contribution in [0.1, 0.15) is 23.1 Å². The maximum atomic E-state index is 12.6. The molecule has 30 heavy (non-hydrogen) atoms. The van der Waals surface area contributed by atoms with Gasteiger partial charge in [-0.25, -0.2) is 4.99 Å². The fourth-order valence-electron chi connectivity index (χ4n) is 3.26. The highest BCUT2D eigenvalue weighted by Gasteiger charge is 2.16. The van der Waals surface area contributed by atoms with Gasteiger partial charge in [-0.15, -0.1) is 11.8 Å². The molecular formula is C25H23N3OS. The second kappa shape index (κ2) is 9.09. The second-order valence-corrected chi connectivity index (χ2v) is 8.23. The van der Waals surface area contributed by atoms with Crippen molar-refractivity contribution >= 4 is 45.5 Å². The molecule has 150 valence electrons. The van der Waals surface area contributed by atoms with Crippen molar-refractivity contribution in [1.29, 1.82) is 0 Å². The lowest BCUT2D eigenvalue weighted by Gasteiger charge is -2.11. The van der Waals surface area contributed by atoms with E-state index in [1.807, 2.05) is 74.5 Å². The van der Waals surface area contributed by atoms with Crippen LogP contribution in [0.5, 0.6) is 0 Å². The molecule has 0 fully saturated rings. The molecule has 0 saturated carbocycles. The van der Waals surface area contributed by atoms with E-state index in [-0.39, 0.29) is 5.91 Å². The molecule has 4 rings (SSSR count). The van der Waals surface area contributed by atoms with Gasteiger partial charge in [0.1, 0.15) is 0 Å². The van der Waals surface area contributed by atoms with E-state index in [1.54, 1.807) is 0 Å². The number of nitrogens with one attached hydrogen (secondary N) is 1. The van der Waals surface area contributed by atoms with Crippen LogP contribution in [0, 0.1) is 13.8 Å². The summed E-state index contributed by atoms with van der Waals surface area (Å²) in [5, 5.41) is 3.91. The Kier molecular flexibility index (Phi) is 6.10. The number of para-hydroxylation sites is 2. The van der Waals surface area contributed by atoms with Crippen molar-refractivity contribution in [2.24, 2.45) is 9.98 Å². The summed E-state index contributed by atoms with van der Waals surface area (Å²) in [6.07, 6.45) is 0.597. The first-order valence-corrected chi connectivity index (χ1v) is 10.9. The van der Waals surface area contributed by atoms with Gasteiger partial charge in [-0.1, -0.05) is 54.6 Å². The Hall–Kier alpha value is -3.18. The number of fused-ring (bicyclic) bond motifs is 1. The van der Waals surface area contributed by atoms with Gasteiger partial charge < -0.3 is 5.32 Å². The molecule has 3 aromatic carbocycles. The summed E-state index contributed by atoms with van der Waals surface area (Å²) in [5.41, 5.74) is 6.83. The molecule has 1 heterocycles. The van der Waals surface area contributed by atoms with Crippen LogP contribution in [0.2, 0.25) is 0 Å². The molecule has 0 bridgehead atoms. The average molecular weight is 414 g/mol. The van der Waals surface area contributed by atoms with Crippen LogP contribution >= 0.6 is 11.8 Å². The minimum absolute atomic E-state index is 0.0351. The number of carbonyl (C=O) groups is 1. The van der Waals surface area contributed by atoms with Crippen molar-refractivity contribution in [2.75, 3.05) is 11.1 Å². The van der Waals surface area contributed by atoms with Gasteiger partial charge in [0.15, 0.2) is 0 Å². The maximum absolute atomic E-state index is 12.6. The molecule has 1 N–H and O–H groups in total. The Morgan fingerprint density at radius 1 is 0.900 bits per heavy atom. The first-order chi connectivity index (χ1) is 14.6. The normalized spacial score (nSPS) is 13.0. The van der Waals surface area contributed by atoms with Crippen LogP contribution in [-0.4, -0.2) is 22.4 Å². The van der Waals surface area contributed by atoms with E-state index in [0.29, 0.717) is 12.2 Å². The molecule has 1 aliphatic rings. The zero-order valence-corrected chi connectivity index (χ0v) is 17.9. The van der Waals surface area contributed by atoms with Crippen molar-refractivity contribution in [3.63, 3.8) is 0 Å². The monoisotopic (exact) mass is 413 g/mol. The van der Waals surface area contributed by atoms with Crippen molar-refractivity contribution in [3.8, 4) is 0 Å². The van der Waals surface area contributed by atoms with Crippen LogP contribution in [0.4, 0.5) is 17.1 Å². The Morgan fingerprint density at radius 2 is 1.60 bits per heavy atom. The fourth-order valence-corrected chi connectivity index (χ4v) is 4.03. The third-order valence-electron chi connectivity index (χ3n) is 5.06. The highest BCUT2D eigenvalue weighted by Crippen LogP contribution is 2.33. The molecule has 1 amide bonds. The molecule has 0 saturated heterocycles. The lowest BCUT2D eigenvalue weighted by molar-refractivity contribution is -0.113. The number of benzene rings is 3. The van der Waals surface area contributed by atoms with Gasteiger partial charge >= 0.3 is 0 Å². The summed E-state index contributed by atoms with van der Waals surface area (Å²) in [5.74, 6) is 0.267. The molecule has 0 radical (unpaired) electrons. The zero-order valence-electron chi connectivity index (χ0n) is 17.1. The summed E-state index contributed by atoms with van der Waals surface area (Å²) in [4.78, 5) is 22.3. The Balaban J connectivity index is 1.52. The first kappa shape index (κ1) is 20.1. The van der Waals surface area contributed by atoms with Gasteiger partial charge in [-0.05, 0) is 48.7 Å². The molecule has 0 unspecified atom stereocenters. The third kappa shape index (κ3) is 4.69. The number of anilines is 1. The van der Waals surface area contributed by atoms with Crippen LogP contribution in [0.15, 0.2) is 82.8 Å². The van der Waals surface area contributed by atoms with Crippen molar-refractivity contribution in [1.82, 2.24) is 0 Å². The molecular weight excluding hydrogens is 390 g/mol. The minimum Gasteiger partial charge on any atom is -0.325 e. The molecule has 0 aromatic heterocycles. The highest BCUT2D eigenvalue weighted by molar-refractivity contribution is 8.14. The molecule has 1 aliphatic heterocycles. The minimum atomic E-state index is -0.0351. The molecule has 0 aliphatic carbocycles. The van der Waals surface area contributed by atoms with E-state index in [4.69, 9.17) is 9.98 Å². The number of nitrogens with zero attached hydrogens (tertiary/aromatic N) is 2. The summed E-state index contributed by atoms with van der Waals surface area (Å²) < 4.78 is 0. The van der Waals surface area contributed by atoms with Crippen LogP contribution in [0.3, 0.4) is 0 Å². The quantitative estimate of drug-likeness (QED) is 0.551. The van der Waals surface area contributed by atoms with Crippen LogP contribution in [-0.2, 0) is 4.79 Å². The van der Waals surface area contributed by atoms with Crippen molar-refractivity contribution in [2.45, 2.75) is 20.3 Å². The average Bonchev–Trinajstić information content (AvgIpc) is 2.95. The number of rotatable bonds is 4.